The molecule has 0 radical (unpaired) electrons. The van der Waals surface area contributed by atoms with Crippen molar-refractivity contribution >= 4 is 17.8 Å². The molecule has 7 nitrogen and oxygen atoms in total. The number of pyridine rings is 1. The van der Waals surface area contributed by atoms with Crippen molar-refractivity contribution in [3.8, 4) is 5.88 Å². The Balaban J connectivity index is 1.69. The van der Waals surface area contributed by atoms with Crippen molar-refractivity contribution in [1.82, 2.24) is 9.88 Å². The maximum absolute atomic E-state index is 11.9. The number of nitrogens with one attached hydrogen (secondary N) is 1. The summed E-state index contributed by atoms with van der Waals surface area (Å²) in [7, 11) is 3.43. The SMILES string of the molecule is CNc1cnc(OCCOC)cc1N(C=O)Cc1ccc(CN2CCCC2)cc1. The van der Waals surface area contributed by atoms with E-state index in [-0.39, 0.29) is 0 Å². The Labute approximate surface area is 172 Å². The molecule has 1 aliphatic rings. The van der Waals surface area contributed by atoms with Gasteiger partial charge in [-0.05, 0) is 37.1 Å². The van der Waals surface area contributed by atoms with Crippen LogP contribution in [0.25, 0.3) is 0 Å². The van der Waals surface area contributed by atoms with Crippen molar-refractivity contribution in [2.75, 3.05) is 50.7 Å². The zero-order valence-electron chi connectivity index (χ0n) is 17.3. The summed E-state index contributed by atoms with van der Waals surface area (Å²) in [5.41, 5.74) is 3.87. The van der Waals surface area contributed by atoms with Gasteiger partial charge in [0.1, 0.15) is 6.61 Å². The quantitative estimate of drug-likeness (QED) is 0.464. The molecule has 7 heteroatoms. The lowest BCUT2D eigenvalue weighted by Gasteiger charge is -2.21. The molecule has 0 aliphatic carbocycles. The molecule has 2 aromatic rings. The fourth-order valence-corrected chi connectivity index (χ4v) is 3.49. The Morgan fingerprint density at radius 1 is 1.17 bits per heavy atom. The standard InChI is InChI=1S/C22H30N4O3/c1-23-20-14-24-22(29-12-11-28-2)13-21(20)26(17-27)16-19-7-5-18(6-8-19)15-25-9-3-4-10-25/h5-8,13-14,17,23H,3-4,9-12,15-16H2,1-2H3. The van der Waals surface area contributed by atoms with Crippen LogP contribution in [-0.2, 0) is 22.6 Å². The fraction of sp³-hybridized carbons (Fsp3) is 0.455. The summed E-state index contributed by atoms with van der Waals surface area (Å²) in [6.45, 7) is 4.72. The van der Waals surface area contributed by atoms with Gasteiger partial charge in [-0.15, -0.1) is 0 Å². The number of carbonyl (C=O) groups is 1. The third-order valence-corrected chi connectivity index (χ3v) is 5.08. The molecule has 1 saturated heterocycles. The number of nitrogens with zero attached hydrogens (tertiary/aromatic N) is 3. The van der Waals surface area contributed by atoms with Gasteiger partial charge in [0.2, 0.25) is 12.3 Å². The molecule has 1 N–H and O–H groups in total. The van der Waals surface area contributed by atoms with Crippen molar-refractivity contribution < 1.29 is 14.3 Å². The number of carbonyl (C=O) groups excluding carboxylic acids is 1. The zero-order valence-corrected chi connectivity index (χ0v) is 17.3. The third-order valence-electron chi connectivity index (χ3n) is 5.08. The lowest BCUT2D eigenvalue weighted by Crippen LogP contribution is -2.22. The lowest BCUT2D eigenvalue weighted by atomic mass is 10.1. The van der Waals surface area contributed by atoms with Gasteiger partial charge in [0.05, 0.1) is 30.7 Å². The molecular weight excluding hydrogens is 368 g/mol. The van der Waals surface area contributed by atoms with Gasteiger partial charge >= 0.3 is 0 Å². The van der Waals surface area contributed by atoms with Crippen LogP contribution in [0.4, 0.5) is 11.4 Å². The molecule has 0 spiro atoms. The van der Waals surface area contributed by atoms with Gasteiger partial charge < -0.3 is 19.7 Å². The van der Waals surface area contributed by atoms with Crippen LogP contribution in [0.15, 0.2) is 36.5 Å². The van der Waals surface area contributed by atoms with E-state index in [4.69, 9.17) is 9.47 Å². The van der Waals surface area contributed by atoms with Gasteiger partial charge in [0, 0.05) is 26.8 Å². The van der Waals surface area contributed by atoms with Crippen molar-refractivity contribution in [3.05, 3.63) is 47.7 Å². The summed E-state index contributed by atoms with van der Waals surface area (Å²) in [4.78, 5) is 20.3. The van der Waals surface area contributed by atoms with Crippen LogP contribution in [0.1, 0.15) is 24.0 Å². The number of hydrogen-bond donors (Lipinski definition) is 1. The van der Waals surface area contributed by atoms with Crippen LogP contribution >= 0.6 is 0 Å². The minimum absolute atomic E-state index is 0.404. The maximum atomic E-state index is 11.9. The monoisotopic (exact) mass is 398 g/mol. The minimum Gasteiger partial charge on any atom is -0.475 e. The van der Waals surface area contributed by atoms with Crippen LogP contribution in [0.3, 0.4) is 0 Å². The van der Waals surface area contributed by atoms with E-state index in [1.807, 2.05) is 7.05 Å². The molecule has 29 heavy (non-hydrogen) atoms. The van der Waals surface area contributed by atoms with Gasteiger partial charge in [-0.1, -0.05) is 24.3 Å². The average Bonchev–Trinajstić information content (AvgIpc) is 3.26. The Kier molecular flexibility index (Phi) is 7.84. The highest BCUT2D eigenvalue weighted by Crippen LogP contribution is 2.29. The zero-order chi connectivity index (χ0) is 20.5. The minimum atomic E-state index is 0.404. The number of methoxy groups -OCH3 is 1. The molecule has 1 aromatic heterocycles. The first kappa shape index (κ1) is 21.1. The van der Waals surface area contributed by atoms with Crippen molar-refractivity contribution in [2.24, 2.45) is 0 Å². The molecule has 1 amide bonds. The molecular formula is C22H30N4O3. The molecule has 1 aromatic carbocycles. The number of aromatic nitrogens is 1. The second-order valence-electron chi connectivity index (χ2n) is 7.16. The van der Waals surface area contributed by atoms with Crippen molar-refractivity contribution in [3.63, 3.8) is 0 Å². The summed E-state index contributed by atoms with van der Waals surface area (Å²) >= 11 is 0. The molecule has 3 rings (SSSR count). The summed E-state index contributed by atoms with van der Waals surface area (Å²) in [6, 6.07) is 10.3. The number of rotatable bonds is 11. The maximum Gasteiger partial charge on any atom is 0.215 e. The predicted molar refractivity (Wildman–Crippen MR) is 114 cm³/mol. The number of hydrogen-bond acceptors (Lipinski definition) is 6. The number of likely N-dealkylation sites (tertiary alicyclic amines) is 1. The van der Waals surface area contributed by atoms with E-state index in [0.29, 0.717) is 25.6 Å². The predicted octanol–water partition coefficient (Wildman–Crippen LogP) is 2.91. The van der Waals surface area contributed by atoms with Crippen LogP contribution in [0.5, 0.6) is 5.88 Å². The molecule has 0 bridgehead atoms. The topological polar surface area (TPSA) is 66.9 Å². The number of benzene rings is 1. The van der Waals surface area contributed by atoms with Crippen molar-refractivity contribution in [2.45, 2.75) is 25.9 Å². The molecule has 156 valence electrons. The Hall–Kier alpha value is -2.64. The second-order valence-corrected chi connectivity index (χ2v) is 7.16. The van der Waals surface area contributed by atoms with Gasteiger partial charge in [-0.3, -0.25) is 9.69 Å². The highest BCUT2D eigenvalue weighted by atomic mass is 16.5. The van der Waals surface area contributed by atoms with Crippen LogP contribution in [-0.4, -0.2) is 56.8 Å². The molecule has 1 fully saturated rings. The third kappa shape index (κ3) is 5.92. The van der Waals surface area contributed by atoms with E-state index < -0.39 is 0 Å². The Bertz CT molecular complexity index is 776. The molecule has 1 aliphatic heterocycles. The van der Waals surface area contributed by atoms with Gasteiger partial charge in [0.15, 0.2) is 0 Å². The summed E-state index contributed by atoms with van der Waals surface area (Å²) in [6.07, 6.45) is 5.10. The smallest absolute Gasteiger partial charge is 0.215 e. The van der Waals surface area contributed by atoms with E-state index in [1.54, 1.807) is 24.3 Å². The lowest BCUT2D eigenvalue weighted by molar-refractivity contribution is -0.107. The molecule has 0 atom stereocenters. The van der Waals surface area contributed by atoms with Gasteiger partial charge in [-0.2, -0.15) is 0 Å². The normalized spacial score (nSPS) is 14.0. The Morgan fingerprint density at radius 2 is 1.90 bits per heavy atom. The second kappa shape index (κ2) is 10.8. The van der Waals surface area contributed by atoms with Gasteiger partial charge in [0.25, 0.3) is 0 Å². The molecule has 0 saturated carbocycles. The first-order valence-corrected chi connectivity index (χ1v) is 10.0. The fourth-order valence-electron chi connectivity index (χ4n) is 3.49. The van der Waals surface area contributed by atoms with Gasteiger partial charge in [-0.25, -0.2) is 4.98 Å². The van der Waals surface area contributed by atoms with E-state index >= 15 is 0 Å². The average molecular weight is 399 g/mol. The summed E-state index contributed by atoms with van der Waals surface area (Å²) in [5, 5.41) is 3.09. The van der Waals surface area contributed by atoms with E-state index in [1.165, 1.54) is 31.5 Å². The number of amides is 1. The Morgan fingerprint density at radius 3 is 2.55 bits per heavy atom. The van der Waals surface area contributed by atoms with Crippen LogP contribution in [0.2, 0.25) is 0 Å². The van der Waals surface area contributed by atoms with Crippen LogP contribution in [0, 0.1) is 0 Å². The molecule has 0 unspecified atom stereocenters. The van der Waals surface area contributed by atoms with Crippen LogP contribution < -0.4 is 15.0 Å². The highest BCUT2D eigenvalue weighted by Gasteiger charge is 2.15. The summed E-state index contributed by atoms with van der Waals surface area (Å²) < 4.78 is 10.6. The highest BCUT2D eigenvalue weighted by molar-refractivity contribution is 5.83. The van der Waals surface area contributed by atoms with Crippen molar-refractivity contribution in [1.29, 1.82) is 0 Å². The number of ether oxygens (including phenoxy) is 2. The van der Waals surface area contributed by atoms with E-state index in [2.05, 4.69) is 39.5 Å². The summed E-state index contributed by atoms with van der Waals surface area (Å²) in [5.74, 6) is 0.462. The molecule has 2 heterocycles. The first-order valence-electron chi connectivity index (χ1n) is 10.0. The largest absolute Gasteiger partial charge is 0.475 e. The van der Waals surface area contributed by atoms with E-state index in [0.717, 1.165) is 29.9 Å². The number of anilines is 2. The van der Waals surface area contributed by atoms with E-state index in [9.17, 15) is 4.79 Å². The first-order chi connectivity index (χ1) is 14.2.